The van der Waals surface area contributed by atoms with Crippen molar-refractivity contribution in [1.82, 2.24) is 4.90 Å². The Morgan fingerprint density at radius 2 is 2.41 bits per heavy atom. The molecule has 1 aliphatic carbocycles. The normalized spacial score (nSPS) is 33.1. The zero-order valence-corrected chi connectivity index (χ0v) is 10.6. The average molecular weight is 238 g/mol. The zero-order chi connectivity index (χ0) is 12.1. The Bertz CT molecular complexity index is 299. The van der Waals surface area contributed by atoms with Crippen molar-refractivity contribution in [2.75, 3.05) is 39.9 Å². The van der Waals surface area contributed by atoms with Gasteiger partial charge in [-0.25, -0.2) is 0 Å². The molecule has 0 aromatic rings. The fourth-order valence-corrected chi connectivity index (χ4v) is 3.62. The van der Waals surface area contributed by atoms with Crippen LogP contribution in [0.5, 0.6) is 0 Å². The molecule has 2 atom stereocenters. The molecular formula is C12H22N4O. The molecule has 0 radical (unpaired) electrons. The molecule has 1 saturated heterocycles. The molecular weight excluding hydrogens is 216 g/mol. The maximum absolute atomic E-state index is 8.30. The van der Waals surface area contributed by atoms with Crippen LogP contribution in [0.15, 0.2) is 5.11 Å². The van der Waals surface area contributed by atoms with Gasteiger partial charge in [-0.3, -0.25) is 0 Å². The van der Waals surface area contributed by atoms with Crippen molar-refractivity contribution in [3.8, 4) is 0 Å². The average Bonchev–Trinajstić information content (AvgIpc) is 2.68. The molecule has 0 unspecified atom stereocenters. The summed E-state index contributed by atoms with van der Waals surface area (Å²) in [4.78, 5) is 5.26. The highest BCUT2D eigenvalue weighted by Gasteiger charge is 2.47. The Labute approximate surface area is 103 Å². The number of ether oxygens (including phenoxy) is 1. The van der Waals surface area contributed by atoms with Crippen LogP contribution in [0.4, 0.5) is 0 Å². The highest BCUT2D eigenvalue weighted by Crippen LogP contribution is 2.46. The number of azide groups is 1. The first kappa shape index (κ1) is 12.7. The molecule has 5 nitrogen and oxygen atoms in total. The molecule has 1 heterocycles. The molecule has 1 aliphatic heterocycles. The van der Waals surface area contributed by atoms with Crippen LogP contribution in [0.1, 0.15) is 25.7 Å². The Morgan fingerprint density at radius 3 is 3.18 bits per heavy atom. The molecule has 0 spiro atoms. The lowest BCUT2D eigenvalue weighted by Gasteiger charge is -2.38. The highest BCUT2D eigenvalue weighted by atomic mass is 16.5. The summed E-state index contributed by atoms with van der Waals surface area (Å²) in [5.74, 6) is 0.780. The first-order valence-corrected chi connectivity index (χ1v) is 6.53. The number of nitrogens with zero attached hydrogens (tertiary/aromatic N) is 4. The van der Waals surface area contributed by atoms with Crippen LogP contribution < -0.4 is 0 Å². The van der Waals surface area contributed by atoms with E-state index in [4.69, 9.17) is 10.3 Å². The lowest BCUT2D eigenvalue weighted by atomic mass is 9.69. The summed E-state index contributed by atoms with van der Waals surface area (Å²) in [7, 11) is 1.81. The second-order valence-electron chi connectivity index (χ2n) is 5.43. The van der Waals surface area contributed by atoms with Crippen molar-refractivity contribution < 1.29 is 4.74 Å². The van der Waals surface area contributed by atoms with Crippen molar-refractivity contribution in [3.63, 3.8) is 0 Å². The minimum atomic E-state index is 0.378. The van der Waals surface area contributed by atoms with Gasteiger partial charge in [-0.15, -0.1) is 0 Å². The molecule has 96 valence electrons. The molecule has 0 N–H and O–H groups in total. The van der Waals surface area contributed by atoms with Gasteiger partial charge in [0.15, 0.2) is 0 Å². The Morgan fingerprint density at radius 1 is 1.53 bits per heavy atom. The van der Waals surface area contributed by atoms with Gasteiger partial charge in [0.2, 0.25) is 0 Å². The molecule has 2 rings (SSSR count). The van der Waals surface area contributed by atoms with Crippen molar-refractivity contribution in [3.05, 3.63) is 10.4 Å². The number of methoxy groups -OCH3 is 1. The Hall–Kier alpha value is -0.770. The van der Waals surface area contributed by atoms with Crippen molar-refractivity contribution in [2.24, 2.45) is 16.4 Å². The molecule has 5 heteroatoms. The molecule has 0 aromatic heterocycles. The van der Waals surface area contributed by atoms with Crippen LogP contribution >= 0.6 is 0 Å². The summed E-state index contributed by atoms with van der Waals surface area (Å²) in [5.41, 5.74) is 8.68. The fraction of sp³-hybridized carbons (Fsp3) is 1.00. The smallest absolute Gasteiger partial charge is 0.0534 e. The van der Waals surface area contributed by atoms with Gasteiger partial charge in [-0.1, -0.05) is 18.0 Å². The third-order valence-corrected chi connectivity index (χ3v) is 4.37. The van der Waals surface area contributed by atoms with Gasteiger partial charge in [0.25, 0.3) is 0 Å². The van der Waals surface area contributed by atoms with E-state index in [-0.39, 0.29) is 0 Å². The summed E-state index contributed by atoms with van der Waals surface area (Å²) in [6, 6.07) is 0. The van der Waals surface area contributed by atoms with Gasteiger partial charge in [0.05, 0.1) is 6.61 Å². The number of rotatable bonds is 5. The monoisotopic (exact) mass is 238 g/mol. The van der Waals surface area contributed by atoms with Gasteiger partial charge in [-0.05, 0) is 24.3 Å². The zero-order valence-electron chi connectivity index (χ0n) is 10.6. The Balaban J connectivity index is 1.95. The van der Waals surface area contributed by atoms with E-state index >= 15 is 0 Å². The van der Waals surface area contributed by atoms with E-state index in [9.17, 15) is 0 Å². The predicted molar refractivity (Wildman–Crippen MR) is 66.7 cm³/mol. The topological polar surface area (TPSA) is 61.2 Å². The summed E-state index contributed by atoms with van der Waals surface area (Å²) in [6.07, 6.45) is 5.33. The van der Waals surface area contributed by atoms with Crippen LogP contribution in [0.2, 0.25) is 0 Å². The van der Waals surface area contributed by atoms with Gasteiger partial charge in [0, 0.05) is 43.6 Å². The van der Waals surface area contributed by atoms with E-state index in [1.54, 1.807) is 0 Å². The van der Waals surface area contributed by atoms with Gasteiger partial charge >= 0.3 is 0 Å². The molecule has 2 fully saturated rings. The maximum Gasteiger partial charge on any atom is 0.0534 e. The predicted octanol–water partition coefficient (Wildman–Crippen LogP) is 2.44. The third kappa shape index (κ3) is 2.73. The number of hydrogen-bond acceptors (Lipinski definition) is 3. The molecule has 0 aromatic carbocycles. The minimum Gasteiger partial charge on any atom is -0.384 e. The molecule has 17 heavy (non-hydrogen) atoms. The largest absolute Gasteiger partial charge is 0.384 e. The van der Waals surface area contributed by atoms with E-state index in [1.807, 2.05) is 7.11 Å². The summed E-state index contributed by atoms with van der Waals surface area (Å²) in [5, 5.41) is 3.63. The molecule has 1 saturated carbocycles. The molecule has 0 amide bonds. The van der Waals surface area contributed by atoms with E-state index in [0.717, 1.165) is 32.2 Å². The minimum absolute atomic E-state index is 0.378. The SMILES string of the molecule is COC[C@]12CCCC[C@H]1CN(CCN=[N+]=[N-])C2. The maximum atomic E-state index is 8.30. The van der Waals surface area contributed by atoms with Gasteiger partial charge in [-0.2, -0.15) is 0 Å². The van der Waals surface area contributed by atoms with Crippen LogP contribution in [-0.2, 0) is 4.74 Å². The Kier molecular flexibility index (Phi) is 4.26. The van der Waals surface area contributed by atoms with E-state index in [0.29, 0.717) is 12.0 Å². The fourth-order valence-electron chi connectivity index (χ4n) is 3.62. The quantitative estimate of drug-likeness (QED) is 0.419. The van der Waals surface area contributed by atoms with Gasteiger partial charge in [0.1, 0.15) is 0 Å². The van der Waals surface area contributed by atoms with Gasteiger partial charge < -0.3 is 9.64 Å². The van der Waals surface area contributed by atoms with Crippen LogP contribution in [0.25, 0.3) is 10.4 Å². The summed E-state index contributed by atoms with van der Waals surface area (Å²) >= 11 is 0. The highest BCUT2D eigenvalue weighted by molar-refractivity contribution is 4.98. The lowest BCUT2D eigenvalue weighted by Crippen LogP contribution is -2.37. The first-order valence-electron chi connectivity index (χ1n) is 6.53. The first-order chi connectivity index (χ1) is 8.30. The third-order valence-electron chi connectivity index (χ3n) is 4.37. The van der Waals surface area contributed by atoms with Crippen molar-refractivity contribution in [2.45, 2.75) is 25.7 Å². The van der Waals surface area contributed by atoms with Crippen LogP contribution in [0, 0.1) is 11.3 Å². The van der Waals surface area contributed by atoms with E-state index in [1.165, 1.54) is 25.7 Å². The number of fused-ring (bicyclic) bond motifs is 1. The lowest BCUT2D eigenvalue weighted by molar-refractivity contribution is 0.0299. The second kappa shape index (κ2) is 5.71. The standard InChI is InChI=1S/C12H22N4O/c1-17-10-12-5-3-2-4-11(12)8-16(9-12)7-6-14-15-13/h11H,2-10H2,1H3/t11-,12+/m0/s1. The van der Waals surface area contributed by atoms with Crippen LogP contribution in [-0.4, -0.2) is 44.8 Å². The van der Waals surface area contributed by atoms with Crippen molar-refractivity contribution in [1.29, 1.82) is 0 Å². The number of likely N-dealkylation sites (tertiary alicyclic amines) is 1. The summed E-state index contributed by atoms with van der Waals surface area (Å²) in [6.45, 7) is 4.64. The number of hydrogen-bond donors (Lipinski definition) is 0. The second-order valence-corrected chi connectivity index (χ2v) is 5.43. The van der Waals surface area contributed by atoms with E-state index < -0.39 is 0 Å². The molecule has 2 aliphatic rings. The van der Waals surface area contributed by atoms with Crippen LogP contribution in [0.3, 0.4) is 0 Å². The molecule has 0 bridgehead atoms. The van der Waals surface area contributed by atoms with Crippen molar-refractivity contribution >= 4 is 0 Å². The summed E-state index contributed by atoms with van der Waals surface area (Å²) < 4.78 is 5.45. The van der Waals surface area contributed by atoms with E-state index in [2.05, 4.69) is 14.9 Å².